The van der Waals surface area contributed by atoms with Crippen LogP contribution in [0.3, 0.4) is 0 Å². The highest BCUT2D eigenvalue weighted by Crippen LogP contribution is 2.22. The highest BCUT2D eigenvalue weighted by Gasteiger charge is 2.22. The standard InChI is InChI=1S/C26H25ClN2O5/c1-29(16-24(30)31)15-18-5-4-6-20(13-18)19-11-9-17(10-12-19)14-23(26(33)34)28-25(32)21-7-2-3-8-22(21)27/h2-13,23H,14-16H2,1H3,(H,28,32)(H,30,31)(H,33,34)/t23-/m0/s1. The fraction of sp³-hybridized carbons (Fsp3) is 0.192. The largest absolute Gasteiger partial charge is 0.480 e. The topological polar surface area (TPSA) is 107 Å². The number of amides is 1. The summed E-state index contributed by atoms with van der Waals surface area (Å²) < 4.78 is 0. The lowest BCUT2D eigenvalue weighted by atomic mass is 9.99. The third kappa shape index (κ3) is 6.91. The predicted molar refractivity (Wildman–Crippen MR) is 130 cm³/mol. The molecule has 0 aliphatic heterocycles. The van der Waals surface area contributed by atoms with Gasteiger partial charge in [-0.2, -0.15) is 0 Å². The van der Waals surface area contributed by atoms with E-state index >= 15 is 0 Å². The molecule has 0 fully saturated rings. The summed E-state index contributed by atoms with van der Waals surface area (Å²) in [6, 6.07) is 20.6. The lowest BCUT2D eigenvalue weighted by molar-refractivity contribution is -0.139. The van der Waals surface area contributed by atoms with Crippen LogP contribution in [0.5, 0.6) is 0 Å². The molecule has 34 heavy (non-hydrogen) atoms. The third-order valence-corrected chi connectivity index (χ3v) is 5.56. The molecular formula is C26H25ClN2O5. The number of benzene rings is 3. The Balaban J connectivity index is 1.69. The van der Waals surface area contributed by atoms with Gasteiger partial charge in [0, 0.05) is 13.0 Å². The Hall–Kier alpha value is -3.68. The van der Waals surface area contributed by atoms with Crippen molar-refractivity contribution in [3.63, 3.8) is 0 Å². The van der Waals surface area contributed by atoms with E-state index < -0.39 is 23.9 Å². The van der Waals surface area contributed by atoms with E-state index in [0.29, 0.717) is 6.54 Å². The lowest BCUT2D eigenvalue weighted by Gasteiger charge is -2.16. The van der Waals surface area contributed by atoms with Gasteiger partial charge in [0.15, 0.2) is 0 Å². The number of carboxylic acids is 2. The number of carbonyl (C=O) groups excluding carboxylic acids is 1. The monoisotopic (exact) mass is 480 g/mol. The van der Waals surface area contributed by atoms with Crippen molar-refractivity contribution >= 4 is 29.4 Å². The number of nitrogens with one attached hydrogen (secondary N) is 1. The molecule has 7 nitrogen and oxygen atoms in total. The second-order valence-corrected chi connectivity index (χ2v) is 8.42. The molecule has 0 saturated heterocycles. The van der Waals surface area contributed by atoms with Gasteiger partial charge in [-0.1, -0.05) is 66.2 Å². The number of halogens is 1. The summed E-state index contributed by atoms with van der Waals surface area (Å²) >= 11 is 6.04. The van der Waals surface area contributed by atoms with Crippen LogP contribution in [0.4, 0.5) is 0 Å². The molecule has 0 spiro atoms. The smallest absolute Gasteiger partial charge is 0.326 e. The highest BCUT2D eigenvalue weighted by molar-refractivity contribution is 6.33. The number of carboxylic acid groups (broad SMARTS) is 2. The van der Waals surface area contributed by atoms with Crippen molar-refractivity contribution in [3.8, 4) is 11.1 Å². The summed E-state index contributed by atoms with van der Waals surface area (Å²) in [7, 11) is 1.75. The first kappa shape index (κ1) is 25.0. The zero-order valence-electron chi connectivity index (χ0n) is 18.6. The molecule has 0 aromatic heterocycles. The number of nitrogens with zero attached hydrogens (tertiary/aromatic N) is 1. The highest BCUT2D eigenvalue weighted by atomic mass is 35.5. The van der Waals surface area contributed by atoms with E-state index in [4.69, 9.17) is 16.7 Å². The van der Waals surface area contributed by atoms with Gasteiger partial charge in [-0.15, -0.1) is 0 Å². The van der Waals surface area contributed by atoms with Crippen molar-refractivity contribution in [2.75, 3.05) is 13.6 Å². The molecule has 8 heteroatoms. The zero-order chi connectivity index (χ0) is 24.7. The molecule has 3 rings (SSSR count). The first-order valence-electron chi connectivity index (χ1n) is 10.6. The molecule has 0 unspecified atom stereocenters. The van der Waals surface area contributed by atoms with E-state index in [1.165, 1.54) is 0 Å². The molecule has 0 aliphatic carbocycles. The van der Waals surface area contributed by atoms with Gasteiger partial charge in [0.2, 0.25) is 0 Å². The van der Waals surface area contributed by atoms with Gasteiger partial charge in [-0.05, 0) is 47.5 Å². The van der Waals surface area contributed by atoms with E-state index in [0.717, 1.165) is 22.3 Å². The molecule has 0 aliphatic rings. The van der Waals surface area contributed by atoms with Crippen LogP contribution in [-0.4, -0.2) is 52.6 Å². The van der Waals surface area contributed by atoms with E-state index in [1.54, 1.807) is 36.2 Å². The Morgan fingerprint density at radius 1 is 0.912 bits per heavy atom. The van der Waals surface area contributed by atoms with Gasteiger partial charge in [-0.3, -0.25) is 14.5 Å². The second-order valence-electron chi connectivity index (χ2n) is 8.01. The normalized spacial score (nSPS) is 11.7. The SMILES string of the molecule is CN(CC(=O)O)Cc1cccc(-c2ccc(C[C@H](NC(=O)c3ccccc3Cl)C(=O)O)cc2)c1. The Bertz CT molecular complexity index is 1180. The summed E-state index contributed by atoms with van der Waals surface area (Å²) in [5.74, 6) is -2.56. The van der Waals surface area contributed by atoms with Gasteiger partial charge < -0.3 is 15.5 Å². The van der Waals surface area contributed by atoms with Crippen LogP contribution in [0.15, 0.2) is 72.8 Å². The van der Waals surface area contributed by atoms with Gasteiger partial charge in [0.25, 0.3) is 5.91 Å². The molecular weight excluding hydrogens is 456 g/mol. The maximum atomic E-state index is 12.5. The van der Waals surface area contributed by atoms with Crippen LogP contribution >= 0.6 is 11.6 Å². The molecule has 1 amide bonds. The Morgan fingerprint density at radius 3 is 2.26 bits per heavy atom. The molecule has 3 aromatic rings. The van der Waals surface area contributed by atoms with Gasteiger partial charge >= 0.3 is 11.9 Å². The minimum absolute atomic E-state index is 0.0450. The molecule has 0 saturated carbocycles. The van der Waals surface area contributed by atoms with E-state index in [9.17, 15) is 19.5 Å². The van der Waals surface area contributed by atoms with Crippen molar-refractivity contribution in [3.05, 3.63) is 94.5 Å². The number of carbonyl (C=O) groups is 3. The van der Waals surface area contributed by atoms with Crippen molar-refractivity contribution in [2.24, 2.45) is 0 Å². The van der Waals surface area contributed by atoms with E-state index in [1.807, 2.05) is 48.5 Å². The number of likely N-dealkylation sites (N-methyl/N-ethyl adjacent to an activating group) is 1. The first-order valence-corrected chi connectivity index (χ1v) is 11.0. The quantitative estimate of drug-likeness (QED) is 0.405. The van der Waals surface area contributed by atoms with Crippen LogP contribution in [0, 0.1) is 0 Å². The summed E-state index contributed by atoms with van der Waals surface area (Å²) in [5.41, 5.74) is 3.87. The maximum absolute atomic E-state index is 12.5. The number of aliphatic carboxylic acids is 2. The Kier molecular flexibility index (Phi) is 8.40. The van der Waals surface area contributed by atoms with E-state index in [2.05, 4.69) is 5.32 Å². The van der Waals surface area contributed by atoms with Gasteiger partial charge in [0.1, 0.15) is 6.04 Å². The fourth-order valence-electron chi connectivity index (χ4n) is 3.60. The molecule has 0 radical (unpaired) electrons. The average molecular weight is 481 g/mol. The molecule has 3 N–H and O–H groups in total. The van der Waals surface area contributed by atoms with Gasteiger partial charge in [0.05, 0.1) is 17.1 Å². The minimum Gasteiger partial charge on any atom is -0.480 e. The molecule has 0 heterocycles. The summed E-state index contributed by atoms with van der Waals surface area (Å²) in [4.78, 5) is 36.8. The van der Waals surface area contributed by atoms with Crippen LogP contribution in [0.1, 0.15) is 21.5 Å². The minimum atomic E-state index is -1.14. The van der Waals surface area contributed by atoms with Crippen LogP contribution in [0.2, 0.25) is 5.02 Å². The average Bonchev–Trinajstić information content (AvgIpc) is 2.79. The van der Waals surface area contributed by atoms with Crippen LogP contribution in [0.25, 0.3) is 11.1 Å². The van der Waals surface area contributed by atoms with Crippen LogP contribution in [-0.2, 0) is 22.6 Å². The fourth-order valence-corrected chi connectivity index (χ4v) is 3.82. The van der Waals surface area contributed by atoms with Gasteiger partial charge in [-0.25, -0.2) is 4.79 Å². The van der Waals surface area contributed by atoms with Crippen molar-refractivity contribution in [2.45, 2.75) is 19.0 Å². The van der Waals surface area contributed by atoms with Crippen molar-refractivity contribution < 1.29 is 24.6 Å². The van der Waals surface area contributed by atoms with E-state index in [-0.39, 0.29) is 23.6 Å². The number of hydrogen-bond acceptors (Lipinski definition) is 4. The lowest BCUT2D eigenvalue weighted by Crippen LogP contribution is -2.42. The summed E-state index contributed by atoms with van der Waals surface area (Å²) in [6.07, 6.45) is 0.117. The molecule has 3 aromatic carbocycles. The molecule has 176 valence electrons. The molecule has 1 atom stereocenters. The molecule has 0 bridgehead atoms. The van der Waals surface area contributed by atoms with Crippen molar-refractivity contribution in [1.82, 2.24) is 10.2 Å². The van der Waals surface area contributed by atoms with Crippen molar-refractivity contribution in [1.29, 1.82) is 0 Å². The zero-order valence-corrected chi connectivity index (χ0v) is 19.3. The number of rotatable bonds is 10. The first-order chi connectivity index (χ1) is 16.2. The van der Waals surface area contributed by atoms with Crippen LogP contribution < -0.4 is 5.32 Å². The Morgan fingerprint density at radius 2 is 1.62 bits per heavy atom. The summed E-state index contributed by atoms with van der Waals surface area (Å²) in [5, 5.41) is 21.3. The predicted octanol–water partition coefficient (Wildman–Crippen LogP) is 3.95. The second kappa shape index (κ2) is 11.4. The summed E-state index contributed by atoms with van der Waals surface area (Å²) in [6.45, 7) is 0.459. The number of hydrogen-bond donors (Lipinski definition) is 3. The third-order valence-electron chi connectivity index (χ3n) is 5.23. The Labute approximate surface area is 202 Å². The maximum Gasteiger partial charge on any atom is 0.326 e.